The number of ether oxygens (including phenoxy) is 1. The van der Waals surface area contributed by atoms with Crippen LogP contribution in [-0.4, -0.2) is 27.5 Å². The predicted octanol–water partition coefficient (Wildman–Crippen LogP) is 5.90. The molecule has 8 heteroatoms. The van der Waals surface area contributed by atoms with Crippen molar-refractivity contribution in [3.63, 3.8) is 0 Å². The fraction of sp³-hybridized carbons (Fsp3) is 0.333. The molecule has 2 heterocycles. The minimum Gasteiger partial charge on any atom is -0.457 e. The van der Waals surface area contributed by atoms with E-state index in [1.807, 2.05) is 51.1 Å². The Labute approximate surface area is 227 Å². The molecule has 0 unspecified atom stereocenters. The van der Waals surface area contributed by atoms with Gasteiger partial charge in [0.15, 0.2) is 0 Å². The van der Waals surface area contributed by atoms with Crippen molar-refractivity contribution in [1.29, 1.82) is 0 Å². The van der Waals surface area contributed by atoms with Crippen LogP contribution in [0.15, 0.2) is 47.4 Å². The zero-order valence-corrected chi connectivity index (χ0v) is 22.9. The highest BCUT2D eigenvalue weighted by Gasteiger charge is 2.23. The molecule has 1 saturated carbocycles. The van der Waals surface area contributed by atoms with Gasteiger partial charge in [-0.05, 0) is 99.0 Å². The number of aromatic nitrogens is 2. The summed E-state index contributed by atoms with van der Waals surface area (Å²) in [6.45, 7) is 5.94. The molecular weight excluding hydrogens is 500 g/mol. The first-order valence-corrected chi connectivity index (χ1v) is 13.3. The van der Waals surface area contributed by atoms with E-state index in [-0.39, 0.29) is 23.6 Å². The van der Waals surface area contributed by atoms with Crippen molar-refractivity contribution in [2.45, 2.75) is 58.5 Å². The van der Waals surface area contributed by atoms with Crippen LogP contribution >= 0.6 is 11.6 Å². The molecule has 4 N–H and O–H groups in total. The SMILES string of the molecule is Cc1cc(Oc2c(C)cc(Cl)cc2C)cc(-c2cn(C)c(=O)c3[nH]c(C(=O)N[C@H]4CCC[C@H](N)C4)cc23)c1. The van der Waals surface area contributed by atoms with Crippen molar-refractivity contribution in [2.75, 3.05) is 0 Å². The number of aromatic amines is 1. The van der Waals surface area contributed by atoms with E-state index in [1.54, 1.807) is 19.3 Å². The molecule has 1 fully saturated rings. The van der Waals surface area contributed by atoms with Gasteiger partial charge in [-0.2, -0.15) is 0 Å². The van der Waals surface area contributed by atoms with Gasteiger partial charge in [0.05, 0.1) is 0 Å². The normalized spacial score (nSPS) is 17.5. The molecule has 2 aromatic heterocycles. The molecule has 1 amide bonds. The second kappa shape index (κ2) is 10.3. The van der Waals surface area contributed by atoms with E-state index in [0.29, 0.717) is 27.4 Å². The number of rotatable bonds is 5. The van der Waals surface area contributed by atoms with Gasteiger partial charge in [0.25, 0.3) is 11.5 Å². The van der Waals surface area contributed by atoms with E-state index in [2.05, 4.69) is 10.3 Å². The third kappa shape index (κ3) is 5.22. The van der Waals surface area contributed by atoms with Gasteiger partial charge in [-0.1, -0.05) is 17.7 Å². The van der Waals surface area contributed by atoms with Gasteiger partial charge < -0.3 is 25.3 Å². The van der Waals surface area contributed by atoms with E-state index in [9.17, 15) is 9.59 Å². The van der Waals surface area contributed by atoms with Crippen LogP contribution in [0, 0.1) is 20.8 Å². The minimum absolute atomic E-state index is 0.0382. The highest BCUT2D eigenvalue weighted by atomic mass is 35.5. The Morgan fingerprint density at radius 1 is 1.11 bits per heavy atom. The van der Waals surface area contributed by atoms with Crippen molar-refractivity contribution in [2.24, 2.45) is 12.8 Å². The summed E-state index contributed by atoms with van der Waals surface area (Å²) < 4.78 is 7.87. The van der Waals surface area contributed by atoms with Crippen LogP contribution in [-0.2, 0) is 7.05 Å². The van der Waals surface area contributed by atoms with Crippen LogP contribution < -0.4 is 21.3 Å². The number of benzene rings is 2. The molecule has 198 valence electrons. The van der Waals surface area contributed by atoms with Crippen LogP contribution in [0.25, 0.3) is 22.0 Å². The summed E-state index contributed by atoms with van der Waals surface area (Å²) in [5, 5.41) is 4.45. The Morgan fingerprint density at radius 3 is 2.55 bits per heavy atom. The fourth-order valence-electron chi connectivity index (χ4n) is 5.45. The molecule has 4 aromatic rings. The number of nitrogens with zero attached hydrogens (tertiary/aromatic N) is 1. The predicted molar refractivity (Wildman–Crippen MR) is 152 cm³/mol. The molecule has 0 bridgehead atoms. The summed E-state index contributed by atoms with van der Waals surface area (Å²) in [5.74, 6) is 1.22. The van der Waals surface area contributed by atoms with Crippen LogP contribution in [0.5, 0.6) is 11.5 Å². The molecular formula is C30H33ClN4O3. The first kappa shape index (κ1) is 26.1. The lowest BCUT2D eigenvalue weighted by Gasteiger charge is -2.27. The van der Waals surface area contributed by atoms with Gasteiger partial charge in [-0.25, -0.2) is 0 Å². The highest BCUT2D eigenvalue weighted by molar-refractivity contribution is 6.30. The van der Waals surface area contributed by atoms with Gasteiger partial charge in [0, 0.05) is 41.3 Å². The molecule has 0 radical (unpaired) electrons. The minimum atomic E-state index is -0.227. The molecule has 2 atom stereocenters. The van der Waals surface area contributed by atoms with Crippen molar-refractivity contribution in [3.8, 4) is 22.6 Å². The molecule has 1 aliphatic carbocycles. The number of H-pyrrole nitrogens is 1. The van der Waals surface area contributed by atoms with Gasteiger partial charge in [0.2, 0.25) is 0 Å². The molecule has 5 rings (SSSR count). The van der Waals surface area contributed by atoms with Crippen molar-refractivity contribution in [3.05, 3.63) is 80.4 Å². The highest BCUT2D eigenvalue weighted by Crippen LogP contribution is 2.35. The number of aryl methyl sites for hydroxylation is 4. The lowest BCUT2D eigenvalue weighted by atomic mass is 9.91. The Bertz CT molecular complexity index is 1580. The average Bonchev–Trinajstić information content (AvgIpc) is 3.29. The standard InChI is InChI=1S/C30H33ClN4O3/c1-16-8-19(12-23(9-16)38-28-17(2)10-20(31)11-18(28)3)25-15-35(4)30(37)27-24(25)14-26(34-27)29(36)33-22-7-5-6-21(32)13-22/h8-12,14-15,21-22,34H,5-7,13,32H2,1-4H3,(H,33,36)/t21-,22-/m0/s1. The number of fused-ring (bicyclic) bond motifs is 1. The van der Waals surface area contributed by atoms with Gasteiger partial charge >= 0.3 is 0 Å². The second-order valence-corrected chi connectivity index (χ2v) is 11.0. The molecule has 7 nitrogen and oxygen atoms in total. The molecule has 0 aliphatic heterocycles. The van der Waals surface area contributed by atoms with E-state index in [4.69, 9.17) is 22.1 Å². The third-order valence-corrected chi connectivity index (χ3v) is 7.48. The van der Waals surface area contributed by atoms with Crippen LogP contribution in [0.4, 0.5) is 0 Å². The van der Waals surface area contributed by atoms with E-state index in [1.165, 1.54) is 4.57 Å². The first-order valence-electron chi connectivity index (χ1n) is 12.9. The quantitative estimate of drug-likeness (QED) is 0.297. The zero-order chi connectivity index (χ0) is 27.1. The largest absolute Gasteiger partial charge is 0.457 e. The van der Waals surface area contributed by atoms with Crippen molar-refractivity contribution in [1.82, 2.24) is 14.9 Å². The van der Waals surface area contributed by atoms with E-state index in [0.717, 1.165) is 59.3 Å². The number of amides is 1. The molecule has 0 saturated heterocycles. The number of pyridine rings is 1. The molecule has 2 aromatic carbocycles. The van der Waals surface area contributed by atoms with Gasteiger partial charge in [-0.3, -0.25) is 9.59 Å². The Balaban J connectivity index is 1.53. The van der Waals surface area contributed by atoms with Crippen molar-refractivity contribution >= 4 is 28.4 Å². The Morgan fingerprint density at radius 2 is 1.84 bits per heavy atom. The second-order valence-electron chi connectivity index (χ2n) is 10.5. The summed E-state index contributed by atoms with van der Waals surface area (Å²) in [4.78, 5) is 29.2. The van der Waals surface area contributed by atoms with Crippen LogP contribution in [0.1, 0.15) is 52.9 Å². The summed E-state index contributed by atoms with van der Waals surface area (Å²) in [7, 11) is 1.71. The summed E-state index contributed by atoms with van der Waals surface area (Å²) >= 11 is 6.20. The van der Waals surface area contributed by atoms with E-state index >= 15 is 0 Å². The van der Waals surface area contributed by atoms with E-state index < -0.39 is 0 Å². The first-order chi connectivity index (χ1) is 18.1. The fourth-order valence-corrected chi connectivity index (χ4v) is 5.77. The van der Waals surface area contributed by atoms with Crippen LogP contribution in [0.3, 0.4) is 0 Å². The number of halogens is 1. The summed E-state index contributed by atoms with van der Waals surface area (Å²) in [5.41, 5.74) is 11.3. The Hall–Kier alpha value is -3.55. The van der Waals surface area contributed by atoms with Gasteiger partial charge in [0.1, 0.15) is 22.7 Å². The molecule has 1 aliphatic rings. The maximum atomic E-state index is 13.1. The number of nitrogens with two attached hydrogens (primary N) is 1. The number of carbonyl (C=O) groups is 1. The lowest BCUT2D eigenvalue weighted by molar-refractivity contribution is 0.0921. The maximum Gasteiger partial charge on any atom is 0.274 e. The molecule has 38 heavy (non-hydrogen) atoms. The zero-order valence-electron chi connectivity index (χ0n) is 22.2. The third-order valence-electron chi connectivity index (χ3n) is 7.27. The average molecular weight is 533 g/mol. The maximum absolute atomic E-state index is 13.1. The lowest BCUT2D eigenvalue weighted by Crippen LogP contribution is -2.42. The van der Waals surface area contributed by atoms with Crippen LogP contribution in [0.2, 0.25) is 5.02 Å². The summed E-state index contributed by atoms with van der Waals surface area (Å²) in [6.07, 6.45) is 5.45. The molecule has 0 spiro atoms. The monoisotopic (exact) mass is 532 g/mol. The Kier molecular flexibility index (Phi) is 7.07. The van der Waals surface area contributed by atoms with Crippen molar-refractivity contribution < 1.29 is 9.53 Å². The topological polar surface area (TPSA) is 102 Å². The number of hydrogen-bond acceptors (Lipinski definition) is 4. The smallest absolute Gasteiger partial charge is 0.274 e. The van der Waals surface area contributed by atoms with Gasteiger partial charge in [-0.15, -0.1) is 0 Å². The summed E-state index contributed by atoms with van der Waals surface area (Å²) in [6, 6.07) is 11.6. The number of carbonyl (C=O) groups excluding carboxylic acids is 1. The number of nitrogens with one attached hydrogen (secondary N) is 2. The number of hydrogen-bond donors (Lipinski definition) is 3.